The number of rotatable bonds is 4. The van der Waals surface area contributed by atoms with E-state index in [1.54, 1.807) is 25.5 Å². The maximum atomic E-state index is 12.8. The van der Waals surface area contributed by atoms with Gasteiger partial charge in [0.1, 0.15) is 17.2 Å². The van der Waals surface area contributed by atoms with Crippen molar-refractivity contribution in [1.29, 1.82) is 0 Å². The van der Waals surface area contributed by atoms with Crippen LogP contribution < -0.4 is 5.32 Å². The van der Waals surface area contributed by atoms with Gasteiger partial charge in [-0.05, 0) is 31.7 Å². The molecule has 8 heteroatoms. The summed E-state index contributed by atoms with van der Waals surface area (Å²) in [5, 5.41) is 3.04. The summed E-state index contributed by atoms with van der Waals surface area (Å²) in [4.78, 5) is 31.9. The second-order valence-corrected chi connectivity index (χ2v) is 8.38. The maximum Gasteiger partial charge on any atom is 0.257 e. The molecule has 2 amide bonds. The van der Waals surface area contributed by atoms with Gasteiger partial charge in [-0.1, -0.05) is 0 Å². The van der Waals surface area contributed by atoms with E-state index in [-0.39, 0.29) is 11.8 Å². The van der Waals surface area contributed by atoms with E-state index in [2.05, 4.69) is 10.3 Å². The smallest absolute Gasteiger partial charge is 0.257 e. The van der Waals surface area contributed by atoms with Gasteiger partial charge in [0, 0.05) is 44.9 Å². The molecule has 3 aliphatic rings. The number of imidazole rings is 1. The standard InChI is InChI=1S/C21H26N4O4/c1-14-16(4-11-28-14)19(27)24-8-5-21(6-9-24)20-22-7-10-25(20)13-17(29-21)18(26)23-12-15-2-3-15/h4,7,10-11,15,17H,2-3,5-6,8-9,12-13H2,1H3,(H,23,26). The minimum absolute atomic E-state index is 0.0241. The molecule has 1 aliphatic carbocycles. The predicted molar refractivity (Wildman–Crippen MR) is 103 cm³/mol. The number of piperidine rings is 1. The Bertz CT molecular complexity index is 921. The number of fused-ring (bicyclic) bond motifs is 2. The molecule has 29 heavy (non-hydrogen) atoms. The Balaban J connectivity index is 1.31. The summed E-state index contributed by atoms with van der Waals surface area (Å²) in [5.74, 6) is 2.04. The highest BCUT2D eigenvalue weighted by molar-refractivity contribution is 5.95. The van der Waals surface area contributed by atoms with Gasteiger partial charge in [0.25, 0.3) is 11.8 Å². The number of amides is 2. The normalized spacial score (nSPS) is 23.1. The van der Waals surface area contributed by atoms with Gasteiger partial charge in [-0.15, -0.1) is 0 Å². The molecule has 1 saturated carbocycles. The molecule has 5 rings (SSSR count). The minimum atomic E-state index is -0.633. The Morgan fingerprint density at radius 3 is 2.79 bits per heavy atom. The molecule has 2 fully saturated rings. The van der Waals surface area contributed by atoms with Gasteiger partial charge in [0.05, 0.1) is 18.4 Å². The van der Waals surface area contributed by atoms with E-state index in [1.165, 1.54) is 12.8 Å². The van der Waals surface area contributed by atoms with Crippen LogP contribution in [0.5, 0.6) is 0 Å². The minimum Gasteiger partial charge on any atom is -0.469 e. The summed E-state index contributed by atoms with van der Waals surface area (Å²) in [7, 11) is 0. The number of likely N-dealkylation sites (tertiary alicyclic amines) is 1. The molecule has 2 aromatic heterocycles. The van der Waals surface area contributed by atoms with E-state index >= 15 is 0 Å². The third kappa shape index (κ3) is 3.35. The number of carbonyl (C=O) groups is 2. The molecule has 0 aromatic carbocycles. The van der Waals surface area contributed by atoms with Crippen molar-refractivity contribution >= 4 is 11.8 Å². The Labute approximate surface area is 169 Å². The van der Waals surface area contributed by atoms with Gasteiger partial charge in [-0.25, -0.2) is 4.98 Å². The fourth-order valence-corrected chi connectivity index (χ4v) is 4.40. The fraction of sp³-hybridized carbons (Fsp3) is 0.571. The number of carbonyl (C=O) groups excluding carboxylic acids is 2. The highest BCUT2D eigenvalue weighted by Crippen LogP contribution is 2.40. The molecule has 4 heterocycles. The molecular formula is C21H26N4O4. The molecule has 1 spiro atoms. The van der Waals surface area contributed by atoms with Crippen LogP contribution in [-0.4, -0.2) is 52.0 Å². The molecule has 1 unspecified atom stereocenters. The van der Waals surface area contributed by atoms with Gasteiger partial charge < -0.3 is 23.9 Å². The van der Waals surface area contributed by atoms with Gasteiger partial charge in [0.2, 0.25) is 0 Å². The van der Waals surface area contributed by atoms with Crippen molar-refractivity contribution in [1.82, 2.24) is 19.8 Å². The SMILES string of the molecule is Cc1occc1C(=O)N1CCC2(CC1)OC(C(=O)NCC1CC1)Cn1ccnc12. The van der Waals surface area contributed by atoms with Crippen molar-refractivity contribution in [3.05, 3.63) is 41.9 Å². The average Bonchev–Trinajstić information content (AvgIpc) is 3.25. The topological polar surface area (TPSA) is 89.6 Å². The van der Waals surface area contributed by atoms with E-state index in [9.17, 15) is 9.59 Å². The van der Waals surface area contributed by atoms with Crippen LogP contribution in [0.3, 0.4) is 0 Å². The first-order valence-corrected chi connectivity index (χ1v) is 10.4. The maximum absolute atomic E-state index is 12.8. The van der Waals surface area contributed by atoms with Crippen molar-refractivity contribution in [3.8, 4) is 0 Å². The first kappa shape index (κ1) is 18.4. The third-order valence-electron chi connectivity index (χ3n) is 6.36. The van der Waals surface area contributed by atoms with E-state index in [1.807, 2.05) is 15.7 Å². The summed E-state index contributed by atoms with van der Waals surface area (Å²) >= 11 is 0. The quantitative estimate of drug-likeness (QED) is 0.849. The van der Waals surface area contributed by atoms with E-state index in [4.69, 9.17) is 9.15 Å². The number of nitrogens with one attached hydrogen (secondary N) is 1. The molecule has 8 nitrogen and oxygen atoms in total. The summed E-state index contributed by atoms with van der Waals surface area (Å²) < 4.78 is 13.7. The number of nitrogens with zero attached hydrogens (tertiary/aromatic N) is 3. The van der Waals surface area contributed by atoms with Gasteiger partial charge in [0.15, 0.2) is 6.10 Å². The van der Waals surface area contributed by atoms with Crippen molar-refractivity contribution in [2.24, 2.45) is 5.92 Å². The summed E-state index contributed by atoms with van der Waals surface area (Å²) in [5.41, 5.74) is -0.0321. The average molecular weight is 398 g/mol. The first-order valence-electron chi connectivity index (χ1n) is 10.4. The van der Waals surface area contributed by atoms with Crippen molar-refractivity contribution < 1.29 is 18.7 Å². The highest BCUT2D eigenvalue weighted by Gasteiger charge is 2.47. The first-order chi connectivity index (χ1) is 14.1. The van der Waals surface area contributed by atoms with E-state index in [0.717, 1.165) is 12.4 Å². The van der Waals surface area contributed by atoms with Crippen LogP contribution >= 0.6 is 0 Å². The van der Waals surface area contributed by atoms with Crippen LogP contribution in [0.4, 0.5) is 0 Å². The number of ether oxygens (including phenoxy) is 1. The Kier molecular flexibility index (Phi) is 4.46. The number of hydrogen-bond donors (Lipinski definition) is 1. The second kappa shape index (κ2) is 7.02. The van der Waals surface area contributed by atoms with Crippen molar-refractivity contribution in [2.45, 2.75) is 50.9 Å². The van der Waals surface area contributed by atoms with Crippen LogP contribution in [0.2, 0.25) is 0 Å². The Morgan fingerprint density at radius 2 is 2.10 bits per heavy atom. The lowest BCUT2D eigenvalue weighted by Crippen LogP contribution is -2.54. The number of hydrogen-bond acceptors (Lipinski definition) is 5. The van der Waals surface area contributed by atoms with Crippen LogP contribution in [0.15, 0.2) is 29.1 Å². The zero-order valence-corrected chi connectivity index (χ0v) is 16.6. The molecule has 1 atom stereocenters. The lowest BCUT2D eigenvalue weighted by atomic mass is 9.88. The zero-order chi connectivity index (χ0) is 20.0. The third-order valence-corrected chi connectivity index (χ3v) is 6.36. The largest absolute Gasteiger partial charge is 0.469 e. The fourth-order valence-electron chi connectivity index (χ4n) is 4.40. The van der Waals surface area contributed by atoms with Gasteiger partial charge in [-0.2, -0.15) is 0 Å². The van der Waals surface area contributed by atoms with Crippen LogP contribution in [0.1, 0.15) is 47.6 Å². The summed E-state index contributed by atoms with van der Waals surface area (Å²) in [6.45, 7) is 4.10. The molecule has 2 aromatic rings. The zero-order valence-electron chi connectivity index (χ0n) is 16.6. The number of aryl methyl sites for hydroxylation is 1. The Hall–Kier alpha value is -2.61. The van der Waals surface area contributed by atoms with Crippen LogP contribution in [0.25, 0.3) is 0 Å². The summed E-state index contributed by atoms with van der Waals surface area (Å²) in [6, 6.07) is 1.71. The molecule has 154 valence electrons. The Morgan fingerprint density at radius 1 is 1.31 bits per heavy atom. The molecule has 1 saturated heterocycles. The molecule has 0 radical (unpaired) electrons. The highest BCUT2D eigenvalue weighted by atomic mass is 16.5. The predicted octanol–water partition coefficient (Wildman–Crippen LogP) is 1.84. The van der Waals surface area contributed by atoms with Crippen molar-refractivity contribution in [3.63, 3.8) is 0 Å². The molecule has 0 bridgehead atoms. The van der Waals surface area contributed by atoms with Crippen LogP contribution in [-0.2, 0) is 21.7 Å². The summed E-state index contributed by atoms with van der Waals surface area (Å²) in [6.07, 6.45) is 8.29. The van der Waals surface area contributed by atoms with Crippen molar-refractivity contribution in [2.75, 3.05) is 19.6 Å². The van der Waals surface area contributed by atoms with Gasteiger partial charge >= 0.3 is 0 Å². The monoisotopic (exact) mass is 398 g/mol. The molecule has 1 N–H and O–H groups in total. The van der Waals surface area contributed by atoms with E-state index in [0.29, 0.717) is 49.7 Å². The van der Waals surface area contributed by atoms with Gasteiger partial charge in [-0.3, -0.25) is 9.59 Å². The lowest BCUT2D eigenvalue weighted by molar-refractivity contribution is -0.172. The second-order valence-electron chi connectivity index (χ2n) is 8.38. The number of aromatic nitrogens is 2. The molecular weight excluding hydrogens is 372 g/mol. The van der Waals surface area contributed by atoms with E-state index < -0.39 is 11.7 Å². The van der Waals surface area contributed by atoms with Crippen LogP contribution in [0, 0.1) is 12.8 Å². The molecule has 2 aliphatic heterocycles. The lowest BCUT2D eigenvalue weighted by Gasteiger charge is -2.45. The number of furan rings is 1.